The zero-order chi connectivity index (χ0) is 23.5. The Hall–Kier alpha value is -3.89. The van der Waals surface area contributed by atoms with Gasteiger partial charge in [0.1, 0.15) is 16.9 Å². The van der Waals surface area contributed by atoms with Crippen LogP contribution in [0.25, 0.3) is 16.5 Å². The van der Waals surface area contributed by atoms with Crippen molar-refractivity contribution in [3.8, 4) is 0 Å². The third-order valence-corrected chi connectivity index (χ3v) is 4.42. The van der Waals surface area contributed by atoms with E-state index >= 15 is 0 Å². The lowest BCUT2D eigenvalue weighted by molar-refractivity contribution is -0.198. The van der Waals surface area contributed by atoms with E-state index in [9.17, 15) is 22.8 Å². The standard InChI is InChI=1S/C21H19F3N4O4/c1-11-6-13-8-14(10-28-19(29)16(9-25)18-26-4-3-5-27-18)32-17(13)15(7-11)20(30)31-12(2)21(22,23)24/h3-9,12H,10,25H2,1-2H3,(H,28,29)/b16-9+/t12-/m0/s1. The summed E-state index contributed by atoms with van der Waals surface area (Å²) in [6.45, 7) is 2.34. The summed E-state index contributed by atoms with van der Waals surface area (Å²) in [5, 5.41) is 3.07. The number of esters is 1. The van der Waals surface area contributed by atoms with Crippen molar-refractivity contribution in [3.05, 3.63) is 65.6 Å². The maximum absolute atomic E-state index is 12.8. The molecule has 0 radical (unpaired) electrons. The van der Waals surface area contributed by atoms with Crippen LogP contribution >= 0.6 is 0 Å². The molecule has 1 amide bonds. The average Bonchev–Trinajstić information content (AvgIpc) is 3.14. The highest BCUT2D eigenvalue weighted by atomic mass is 19.4. The van der Waals surface area contributed by atoms with Gasteiger partial charge < -0.3 is 20.2 Å². The number of alkyl halides is 3. The molecule has 2 heterocycles. The van der Waals surface area contributed by atoms with Crippen molar-refractivity contribution in [2.75, 3.05) is 0 Å². The van der Waals surface area contributed by atoms with E-state index in [-0.39, 0.29) is 34.8 Å². The minimum atomic E-state index is -4.69. The van der Waals surface area contributed by atoms with E-state index in [0.717, 1.165) is 13.1 Å². The number of aromatic nitrogens is 2. The Labute approximate surface area is 180 Å². The number of fused-ring (bicyclic) bond motifs is 1. The van der Waals surface area contributed by atoms with E-state index < -0.39 is 24.2 Å². The van der Waals surface area contributed by atoms with Crippen molar-refractivity contribution in [3.63, 3.8) is 0 Å². The molecule has 0 fully saturated rings. The van der Waals surface area contributed by atoms with Gasteiger partial charge in [-0.25, -0.2) is 14.8 Å². The molecule has 0 saturated heterocycles. The number of amides is 1. The molecule has 0 aliphatic rings. The highest BCUT2D eigenvalue weighted by Crippen LogP contribution is 2.28. The number of halogens is 3. The van der Waals surface area contributed by atoms with Crippen molar-refractivity contribution in [2.45, 2.75) is 32.7 Å². The van der Waals surface area contributed by atoms with Gasteiger partial charge in [0.05, 0.1) is 12.1 Å². The molecule has 2 aromatic heterocycles. The Kier molecular flexibility index (Phi) is 6.47. The molecular formula is C21H19F3N4O4. The van der Waals surface area contributed by atoms with E-state index in [2.05, 4.69) is 20.0 Å². The van der Waals surface area contributed by atoms with Crippen LogP contribution in [-0.2, 0) is 16.1 Å². The van der Waals surface area contributed by atoms with Gasteiger partial charge in [0.25, 0.3) is 5.91 Å². The van der Waals surface area contributed by atoms with Crippen molar-refractivity contribution in [1.29, 1.82) is 0 Å². The fourth-order valence-electron chi connectivity index (χ4n) is 2.84. The highest BCUT2D eigenvalue weighted by molar-refractivity contribution is 6.18. The number of carbonyl (C=O) groups is 2. The van der Waals surface area contributed by atoms with Gasteiger partial charge in [-0.3, -0.25) is 4.79 Å². The lowest BCUT2D eigenvalue weighted by Crippen LogP contribution is -2.30. The van der Waals surface area contributed by atoms with Crippen LogP contribution < -0.4 is 11.1 Å². The third-order valence-electron chi connectivity index (χ3n) is 4.42. The predicted octanol–water partition coefficient (Wildman–Crippen LogP) is 3.25. The molecule has 11 heteroatoms. The van der Waals surface area contributed by atoms with Crippen molar-refractivity contribution in [1.82, 2.24) is 15.3 Å². The maximum Gasteiger partial charge on any atom is 0.425 e. The minimum absolute atomic E-state index is 0.0444. The Morgan fingerprint density at radius 1 is 1.25 bits per heavy atom. The van der Waals surface area contributed by atoms with E-state index in [1.165, 1.54) is 18.5 Å². The first-order chi connectivity index (χ1) is 15.1. The molecular weight excluding hydrogens is 429 g/mol. The molecule has 0 saturated carbocycles. The summed E-state index contributed by atoms with van der Waals surface area (Å²) in [5.41, 5.74) is 6.09. The van der Waals surface area contributed by atoms with Crippen LogP contribution in [0, 0.1) is 6.92 Å². The van der Waals surface area contributed by atoms with Crippen LogP contribution in [0.5, 0.6) is 0 Å². The van der Waals surface area contributed by atoms with E-state index in [1.54, 1.807) is 25.1 Å². The molecule has 8 nitrogen and oxygen atoms in total. The fraction of sp³-hybridized carbons (Fsp3) is 0.238. The normalized spacial score (nSPS) is 13.1. The number of ether oxygens (including phenoxy) is 1. The SMILES string of the molecule is Cc1cc(C(=O)O[C@@H](C)C(F)(F)F)c2oc(CNC(=O)/C(=C/N)c3ncccn3)cc2c1. The first kappa shape index (κ1) is 22.8. The molecule has 0 unspecified atom stereocenters. The van der Waals surface area contributed by atoms with Crippen LogP contribution in [-0.4, -0.2) is 34.1 Å². The average molecular weight is 448 g/mol. The quantitative estimate of drug-likeness (QED) is 0.439. The number of furan rings is 1. The van der Waals surface area contributed by atoms with E-state index in [4.69, 9.17) is 10.2 Å². The number of nitrogens with two attached hydrogens (primary N) is 1. The molecule has 3 aromatic rings. The van der Waals surface area contributed by atoms with E-state index in [1.807, 2.05) is 0 Å². The Balaban J connectivity index is 1.80. The van der Waals surface area contributed by atoms with Gasteiger partial charge in [-0.2, -0.15) is 13.2 Å². The minimum Gasteiger partial charge on any atom is -0.458 e. The molecule has 0 aliphatic heterocycles. The lowest BCUT2D eigenvalue weighted by atomic mass is 10.1. The van der Waals surface area contributed by atoms with Crippen LogP contribution in [0.4, 0.5) is 13.2 Å². The van der Waals surface area contributed by atoms with Crippen molar-refractivity contribution < 1.29 is 31.9 Å². The first-order valence-corrected chi connectivity index (χ1v) is 9.38. The number of nitrogens with zero attached hydrogens (tertiary/aromatic N) is 2. The number of aryl methyl sites for hydroxylation is 1. The summed E-state index contributed by atoms with van der Waals surface area (Å²) in [6, 6.07) is 6.22. The number of hydrogen-bond acceptors (Lipinski definition) is 7. The molecule has 3 N–H and O–H groups in total. The molecule has 1 atom stereocenters. The number of benzene rings is 1. The van der Waals surface area contributed by atoms with Gasteiger partial charge in [0.2, 0.25) is 0 Å². The number of hydrogen-bond donors (Lipinski definition) is 2. The number of nitrogens with one attached hydrogen (secondary N) is 1. The van der Waals surface area contributed by atoms with Crippen molar-refractivity contribution in [2.24, 2.45) is 5.73 Å². The van der Waals surface area contributed by atoms with Gasteiger partial charge in [-0.1, -0.05) is 0 Å². The van der Waals surface area contributed by atoms with Crippen molar-refractivity contribution >= 4 is 28.4 Å². The smallest absolute Gasteiger partial charge is 0.425 e. The zero-order valence-electron chi connectivity index (χ0n) is 17.1. The second kappa shape index (κ2) is 9.08. The largest absolute Gasteiger partial charge is 0.458 e. The van der Waals surface area contributed by atoms with Gasteiger partial charge in [-0.15, -0.1) is 0 Å². The highest BCUT2D eigenvalue weighted by Gasteiger charge is 2.39. The van der Waals surface area contributed by atoms with Gasteiger partial charge in [-0.05, 0) is 43.7 Å². The second-order valence-electron chi connectivity index (χ2n) is 6.87. The Morgan fingerprint density at radius 3 is 2.56 bits per heavy atom. The molecule has 168 valence electrons. The summed E-state index contributed by atoms with van der Waals surface area (Å²) in [5.74, 6) is -1.32. The van der Waals surface area contributed by atoms with Crippen LogP contribution in [0.15, 0.2) is 47.3 Å². The fourth-order valence-corrected chi connectivity index (χ4v) is 2.84. The zero-order valence-corrected chi connectivity index (χ0v) is 17.1. The maximum atomic E-state index is 12.8. The summed E-state index contributed by atoms with van der Waals surface area (Å²) < 4.78 is 48.4. The number of rotatable bonds is 6. The monoisotopic (exact) mass is 448 g/mol. The predicted molar refractivity (Wildman–Crippen MR) is 108 cm³/mol. The first-order valence-electron chi connectivity index (χ1n) is 9.38. The van der Waals surface area contributed by atoms with E-state index in [0.29, 0.717) is 10.9 Å². The van der Waals surface area contributed by atoms with Crippen LogP contribution in [0.1, 0.15) is 34.4 Å². The summed E-state index contributed by atoms with van der Waals surface area (Å²) >= 11 is 0. The third kappa shape index (κ3) is 5.05. The Morgan fingerprint density at radius 2 is 1.94 bits per heavy atom. The molecule has 32 heavy (non-hydrogen) atoms. The van der Waals surface area contributed by atoms with Crippen LogP contribution in [0.3, 0.4) is 0 Å². The van der Waals surface area contributed by atoms with Gasteiger partial charge in [0.15, 0.2) is 11.9 Å². The Bertz CT molecular complexity index is 1170. The second-order valence-corrected chi connectivity index (χ2v) is 6.87. The van der Waals surface area contributed by atoms with Crippen LogP contribution in [0.2, 0.25) is 0 Å². The topological polar surface area (TPSA) is 120 Å². The van der Waals surface area contributed by atoms with Gasteiger partial charge in [0, 0.05) is 24.0 Å². The van der Waals surface area contributed by atoms with Gasteiger partial charge >= 0.3 is 12.1 Å². The summed E-state index contributed by atoms with van der Waals surface area (Å²) in [7, 11) is 0. The lowest BCUT2D eigenvalue weighted by Gasteiger charge is -2.16. The number of carbonyl (C=O) groups excluding carboxylic acids is 2. The molecule has 0 spiro atoms. The summed E-state index contributed by atoms with van der Waals surface area (Å²) in [4.78, 5) is 32.7. The molecule has 0 bridgehead atoms. The molecule has 0 aliphatic carbocycles. The molecule has 1 aromatic carbocycles. The molecule has 3 rings (SSSR count). The summed E-state index contributed by atoms with van der Waals surface area (Å²) in [6.07, 6.45) is -2.97.